The third-order valence-electron chi connectivity index (χ3n) is 4.62. The van der Waals surface area contributed by atoms with Crippen molar-refractivity contribution in [2.75, 3.05) is 45.8 Å². The van der Waals surface area contributed by atoms with Crippen LogP contribution < -0.4 is 14.8 Å². The van der Waals surface area contributed by atoms with Gasteiger partial charge in [0.2, 0.25) is 0 Å². The predicted octanol–water partition coefficient (Wildman–Crippen LogP) is 2.95. The van der Waals surface area contributed by atoms with E-state index in [4.69, 9.17) is 19.8 Å². The molecule has 0 spiro atoms. The Kier molecular flexibility index (Phi) is 7.38. The summed E-state index contributed by atoms with van der Waals surface area (Å²) < 4.78 is 11.4. The van der Waals surface area contributed by atoms with Crippen LogP contribution in [-0.4, -0.2) is 60.4 Å². The summed E-state index contributed by atoms with van der Waals surface area (Å²) in [6.07, 6.45) is 2.32. The van der Waals surface area contributed by atoms with E-state index in [2.05, 4.69) is 26.3 Å². The molecule has 1 aromatic heterocycles. The lowest BCUT2D eigenvalue weighted by atomic mass is 10.2. The van der Waals surface area contributed by atoms with Gasteiger partial charge in [-0.05, 0) is 43.8 Å². The number of nitrogens with one attached hydrogen (secondary N) is 1. The van der Waals surface area contributed by atoms with Crippen molar-refractivity contribution in [3.63, 3.8) is 0 Å². The maximum Gasteiger partial charge on any atom is 0.163 e. The van der Waals surface area contributed by atoms with Gasteiger partial charge in [-0.3, -0.25) is 0 Å². The largest absolute Gasteiger partial charge is 0.493 e. The molecule has 0 aliphatic heterocycles. The van der Waals surface area contributed by atoms with Crippen LogP contribution in [0, 0.1) is 11.3 Å². The predicted molar refractivity (Wildman–Crippen MR) is 115 cm³/mol. The fraction of sp³-hybridized carbons (Fsp3) is 0.318. The molecular formula is C22H25N5O3. The Morgan fingerprint density at radius 1 is 1.13 bits per heavy atom. The van der Waals surface area contributed by atoms with Crippen LogP contribution in [0.5, 0.6) is 11.5 Å². The Balaban J connectivity index is 1.77. The van der Waals surface area contributed by atoms with Crippen LogP contribution in [0.1, 0.15) is 12.0 Å². The number of aromatic nitrogens is 2. The summed E-state index contributed by atoms with van der Waals surface area (Å²) in [5.74, 6) is 1.86. The molecule has 1 heterocycles. The maximum atomic E-state index is 8.96. The molecule has 0 aliphatic carbocycles. The van der Waals surface area contributed by atoms with Gasteiger partial charge in [-0.25, -0.2) is 9.97 Å². The molecule has 0 atom stereocenters. The number of rotatable bonds is 10. The van der Waals surface area contributed by atoms with Gasteiger partial charge in [0, 0.05) is 30.2 Å². The van der Waals surface area contributed by atoms with E-state index in [1.165, 1.54) is 6.33 Å². The zero-order chi connectivity index (χ0) is 21.3. The number of benzene rings is 2. The summed E-state index contributed by atoms with van der Waals surface area (Å²) in [6, 6.07) is 13.0. The molecule has 0 unspecified atom stereocenters. The average Bonchev–Trinajstić information content (AvgIpc) is 2.77. The molecule has 2 aromatic carbocycles. The first-order valence-electron chi connectivity index (χ1n) is 9.66. The third-order valence-corrected chi connectivity index (χ3v) is 4.62. The van der Waals surface area contributed by atoms with Gasteiger partial charge < -0.3 is 24.8 Å². The monoisotopic (exact) mass is 407 g/mol. The van der Waals surface area contributed by atoms with E-state index in [1.807, 2.05) is 31.3 Å². The van der Waals surface area contributed by atoms with E-state index >= 15 is 0 Å². The molecule has 8 nitrogen and oxygen atoms in total. The van der Waals surface area contributed by atoms with Gasteiger partial charge in [0.25, 0.3) is 0 Å². The van der Waals surface area contributed by atoms with Crippen molar-refractivity contribution in [1.82, 2.24) is 14.9 Å². The quantitative estimate of drug-likeness (QED) is 0.495. The van der Waals surface area contributed by atoms with Crippen LogP contribution in [-0.2, 0) is 0 Å². The molecule has 0 fully saturated rings. The summed E-state index contributed by atoms with van der Waals surface area (Å²) in [5.41, 5.74) is 2.15. The standard InChI is InChI=1S/C22H25N5O3/c1-27(9-10-28)8-3-11-30-21-13-19-18(12-20(21)29-2)22(25-15-24-19)26-17-6-4-16(14-23)5-7-17/h4-7,12-13,15,28H,3,8-11H2,1-2H3,(H,24,25,26). The molecule has 0 radical (unpaired) electrons. The first kappa shape index (κ1) is 21.3. The molecule has 0 amide bonds. The molecule has 156 valence electrons. The van der Waals surface area contributed by atoms with Crippen molar-refractivity contribution in [3.8, 4) is 17.6 Å². The second-order valence-electron chi connectivity index (χ2n) is 6.79. The van der Waals surface area contributed by atoms with Crippen molar-refractivity contribution in [2.45, 2.75) is 6.42 Å². The number of hydrogen-bond acceptors (Lipinski definition) is 8. The number of nitrogens with zero attached hydrogens (tertiary/aromatic N) is 4. The Morgan fingerprint density at radius 3 is 2.63 bits per heavy atom. The summed E-state index contributed by atoms with van der Waals surface area (Å²) in [4.78, 5) is 10.8. The summed E-state index contributed by atoms with van der Waals surface area (Å²) in [6.45, 7) is 2.15. The first-order valence-corrected chi connectivity index (χ1v) is 9.66. The summed E-state index contributed by atoms with van der Waals surface area (Å²) in [7, 11) is 3.56. The first-order chi connectivity index (χ1) is 14.6. The number of likely N-dealkylation sites (N-methyl/N-ethyl adjacent to an activating group) is 1. The number of ether oxygens (including phenoxy) is 2. The lowest BCUT2D eigenvalue weighted by Gasteiger charge is -2.16. The molecule has 3 aromatic rings. The third kappa shape index (κ3) is 5.35. The number of aliphatic hydroxyl groups excluding tert-OH is 1. The van der Waals surface area contributed by atoms with Crippen LogP contribution >= 0.6 is 0 Å². The smallest absolute Gasteiger partial charge is 0.163 e. The molecule has 3 rings (SSSR count). The highest BCUT2D eigenvalue weighted by Gasteiger charge is 2.12. The van der Waals surface area contributed by atoms with Gasteiger partial charge in [0.05, 0.1) is 37.5 Å². The Hall–Kier alpha value is -3.41. The number of fused-ring (bicyclic) bond motifs is 1. The van der Waals surface area contributed by atoms with Crippen molar-refractivity contribution in [1.29, 1.82) is 5.26 Å². The second kappa shape index (κ2) is 10.4. The number of nitriles is 1. The highest BCUT2D eigenvalue weighted by Crippen LogP contribution is 2.34. The minimum Gasteiger partial charge on any atom is -0.493 e. The van der Waals surface area contributed by atoms with Crippen LogP contribution in [0.2, 0.25) is 0 Å². The molecule has 0 aliphatic rings. The normalized spacial score (nSPS) is 10.8. The highest BCUT2D eigenvalue weighted by molar-refractivity contribution is 5.93. The maximum absolute atomic E-state index is 8.96. The van der Waals surface area contributed by atoms with Gasteiger partial charge in [0.1, 0.15) is 12.1 Å². The number of hydrogen-bond donors (Lipinski definition) is 2. The van der Waals surface area contributed by atoms with Crippen LogP contribution in [0.4, 0.5) is 11.5 Å². The van der Waals surface area contributed by atoms with Crippen molar-refractivity contribution >= 4 is 22.4 Å². The molecule has 8 heteroatoms. The zero-order valence-corrected chi connectivity index (χ0v) is 17.1. The van der Waals surface area contributed by atoms with Crippen LogP contribution in [0.3, 0.4) is 0 Å². The molecule has 0 bridgehead atoms. The van der Waals surface area contributed by atoms with Crippen LogP contribution in [0.15, 0.2) is 42.7 Å². The van der Waals surface area contributed by atoms with Gasteiger partial charge in [-0.1, -0.05) is 0 Å². The van der Waals surface area contributed by atoms with Gasteiger partial charge in [0.15, 0.2) is 11.5 Å². The van der Waals surface area contributed by atoms with Crippen LogP contribution in [0.25, 0.3) is 10.9 Å². The fourth-order valence-corrected chi connectivity index (χ4v) is 3.00. The second-order valence-corrected chi connectivity index (χ2v) is 6.79. The lowest BCUT2D eigenvalue weighted by molar-refractivity contribution is 0.206. The Bertz CT molecular complexity index is 1020. The molecule has 30 heavy (non-hydrogen) atoms. The van der Waals surface area contributed by atoms with Gasteiger partial charge in [-0.2, -0.15) is 5.26 Å². The minimum atomic E-state index is 0.147. The highest BCUT2D eigenvalue weighted by atomic mass is 16.5. The van der Waals surface area contributed by atoms with E-state index < -0.39 is 0 Å². The summed E-state index contributed by atoms with van der Waals surface area (Å²) in [5, 5.41) is 22.0. The molecule has 0 saturated heterocycles. The Morgan fingerprint density at radius 2 is 1.93 bits per heavy atom. The fourth-order valence-electron chi connectivity index (χ4n) is 3.00. The molecule has 0 saturated carbocycles. The van der Waals surface area contributed by atoms with E-state index in [9.17, 15) is 0 Å². The zero-order valence-electron chi connectivity index (χ0n) is 17.1. The van der Waals surface area contributed by atoms with E-state index in [-0.39, 0.29) is 6.61 Å². The van der Waals surface area contributed by atoms with E-state index in [0.717, 1.165) is 29.6 Å². The SMILES string of the molecule is COc1cc2c(Nc3ccc(C#N)cc3)ncnc2cc1OCCCN(C)CCO. The van der Waals surface area contributed by atoms with Crippen molar-refractivity contribution in [2.24, 2.45) is 0 Å². The number of methoxy groups -OCH3 is 1. The van der Waals surface area contributed by atoms with Crippen molar-refractivity contribution in [3.05, 3.63) is 48.3 Å². The molecule has 2 N–H and O–H groups in total. The van der Waals surface area contributed by atoms with Gasteiger partial charge in [-0.15, -0.1) is 0 Å². The minimum absolute atomic E-state index is 0.147. The molecular weight excluding hydrogens is 382 g/mol. The average molecular weight is 407 g/mol. The number of aliphatic hydroxyl groups is 1. The summed E-state index contributed by atoms with van der Waals surface area (Å²) >= 11 is 0. The topological polar surface area (TPSA) is 104 Å². The van der Waals surface area contributed by atoms with Gasteiger partial charge >= 0.3 is 0 Å². The van der Waals surface area contributed by atoms with E-state index in [0.29, 0.717) is 36.0 Å². The Labute approximate surface area is 175 Å². The number of anilines is 2. The van der Waals surface area contributed by atoms with Crippen molar-refractivity contribution < 1.29 is 14.6 Å². The lowest BCUT2D eigenvalue weighted by Crippen LogP contribution is -2.24. The van der Waals surface area contributed by atoms with E-state index in [1.54, 1.807) is 19.2 Å².